The van der Waals surface area contributed by atoms with Crippen LogP contribution in [0, 0.1) is 0 Å². The zero-order chi connectivity index (χ0) is 16.1. The second-order valence-electron chi connectivity index (χ2n) is 5.46. The van der Waals surface area contributed by atoms with Crippen molar-refractivity contribution in [2.75, 3.05) is 0 Å². The Labute approximate surface area is 135 Å². The average Bonchev–Trinajstić information content (AvgIpc) is 3.03. The Morgan fingerprint density at radius 1 is 0.917 bits per heavy atom. The summed E-state index contributed by atoms with van der Waals surface area (Å²) in [6, 6.07) is 17.1. The van der Waals surface area contributed by atoms with E-state index in [4.69, 9.17) is 4.42 Å². The van der Waals surface area contributed by atoms with Crippen LogP contribution < -0.4 is 5.69 Å². The zero-order valence-electron chi connectivity index (χ0n) is 12.4. The summed E-state index contributed by atoms with van der Waals surface area (Å²) in [5.74, 6) is 0.773. The fourth-order valence-corrected chi connectivity index (χ4v) is 2.83. The first kappa shape index (κ1) is 13.0. The molecule has 0 amide bonds. The summed E-state index contributed by atoms with van der Waals surface area (Å²) in [5.41, 5.74) is 2.84. The Hall–Kier alpha value is -3.54. The van der Waals surface area contributed by atoms with Crippen LogP contribution >= 0.6 is 0 Å². The van der Waals surface area contributed by atoms with Gasteiger partial charge in [-0.15, -0.1) is 0 Å². The topological polar surface area (TPSA) is 84.7 Å². The molecule has 6 heteroatoms. The van der Waals surface area contributed by atoms with Gasteiger partial charge in [0.25, 0.3) is 0 Å². The van der Waals surface area contributed by atoms with Crippen molar-refractivity contribution >= 4 is 22.0 Å². The van der Waals surface area contributed by atoms with E-state index in [1.165, 1.54) is 0 Å². The summed E-state index contributed by atoms with van der Waals surface area (Å²) in [6.45, 7) is 0. The van der Waals surface area contributed by atoms with E-state index in [0.717, 1.165) is 16.4 Å². The lowest BCUT2D eigenvalue weighted by molar-refractivity contribution is 0.594. The molecule has 0 saturated carbocycles. The summed E-state index contributed by atoms with van der Waals surface area (Å²) in [7, 11) is 0. The quantitative estimate of drug-likeness (QED) is 0.480. The number of nitrogens with one attached hydrogen (secondary N) is 1. The molecule has 0 spiro atoms. The van der Waals surface area contributed by atoms with Crippen molar-refractivity contribution in [3.8, 4) is 23.0 Å². The van der Waals surface area contributed by atoms with Crippen molar-refractivity contribution in [3.05, 3.63) is 65.1 Å². The van der Waals surface area contributed by atoms with Crippen LogP contribution in [0.25, 0.3) is 45.0 Å². The molecule has 0 saturated heterocycles. The van der Waals surface area contributed by atoms with Gasteiger partial charge in [-0.1, -0.05) is 30.3 Å². The molecule has 2 aliphatic rings. The van der Waals surface area contributed by atoms with Gasteiger partial charge >= 0.3 is 5.69 Å². The third-order valence-electron chi connectivity index (χ3n) is 3.93. The van der Waals surface area contributed by atoms with E-state index in [0.29, 0.717) is 22.7 Å². The number of nitrogens with zero attached hydrogens (tertiary/aromatic N) is 3. The molecular formula is C18H10N4O2. The largest absolute Gasteiger partial charge is 0.437 e. The number of aromatic nitrogens is 4. The van der Waals surface area contributed by atoms with E-state index < -0.39 is 5.69 Å². The Morgan fingerprint density at radius 3 is 2.67 bits per heavy atom. The van der Waals surface area contributed by atoms with Crippen LogP contribution in [0.5, 0.6) is 0 Å². The number of fused-ring (bicyclic) bond motifs is 3. The molecule has 1 N–H and O–H groups in total. The summed E-state index contributed by atoms with van der Waals surface area (Å²) in [6.07, 6.45) is 0. The SMILES string of the molecule is O=c1nc2oc3ccccc3cc-2c(-c2nc3ccccc3[nH]2)n1. The van der Waals surface area contributed by atoms with Crippen molar-refractivity contribution < 1.29 is 4.42 Å². The summed E-state index contributed by atoms with van der Waals surface area (Å²) in [4.78, 5) is 27.6. The van der Waals surface area contributed by atoms with Crippen LogP contribution in [0.15, 0.2) is 63.8 Å². The van der Waals surface area contributed by atoms with Gasteiger partial charge in [0.15, 0.2) is 5.82 Å². The predicted octanol–water partition coefficient (Wildman–Crippen LogP) is 3.23. The maximum atomic E-state index is 11.9. The molecule has 0 radical (unpaired) electrons. The molecule has 0 aliphatic carbocycles. The first-order valence-corrected chi connectivity index (χ1v) is 7.44. The molecule has 2 aromatic carbocycles. The van der Waals surface area contributed by atoms with Crippen molar-refractivity contribution in [3.63, 3.8) is 0 Å². The highest BCUT2D eigenvalue weighted by Gasteiger charge is 2.20. The van der Waals surface area contributed by atoms with E-state index in [2.05, 4.69) is 19.9 Å². The van der Waals surface area contributed by atoms with E-state index in [1.807, 2.05) is 54.6 Å². The van der Waals surface area contributed by atoms with E-state index in [9.17, 15) is 4.79 Å². The lowest BCUT2D eigenvalue weighted by Gasteiger charge is -2.08. The second-order valence-corrected chi connectivity index (χ2v) is 5.46. The Morgan fingerprint density at radius 2 is 1.75 bits per heavy atom. The number of aromatic amines is 1. The first-order chi connectivity index (χ1) is 11.8. The monoisotopic (exact) mass is 314 g/mol. The normalized spacial score (nSPS) is 11.5. The Balaban J connectivity index is 1.87. The van der Waals surface area contributed by atoms with Crippen LogP contribution in [-0.2, 0) is 0 Å². The zero-order valence-corrected chi connectivity index (χ0v) is 12.4. The van der Waals surface area contributed by atoms with Crippen LogP contribution in [0.1, 0.15) is 0 Å². The molecule has 24 heavy (non-hydrogen) atoms. The summed E-state index contributed by atoms with van der Waals surface area (Å²) < 4.78 is 5.77. The van der Waals surface area contributed by atoms with Crippen LogP contribution in [0.2, 0.25) is 0 Å². The highest BCUT2D eigenvalue weighted by molar-refractivity contribution is 5.88. The molecule has 3 heterocycles. The predicted molar refractivity (Wildman–Crippen MR) is 89.8 cm³/mol. The molecule has 114 valence electrons. The molecule has 3 aromatic rings. The molecule has 0 unspecified atom stereocenters. The number of hydrogen-bond acceptors (Lipinski definition) is 5. The van der Waals surface area contributed by atoms with E-state index in [-0.39, 0.29) is 5.89 Å². The third kappa shape index (κ3) is 1.90. The van der Waals surface area contributed by atoms with Crippen molar-refractivity contribution in [2.45, 2.75) is 0 Å². The molecule has 1 aromatic heterocycles. The van der Waals surface area contributed by atoms with Gasteiger partial charge in [-0.25, -0.2) is 9.78 Å². The van der Waals surface area contributed by atoms with Crippen molar-refractivity contribution in [1.29, 1.82) is 0 Å². The second kappa shape index (κ2) is 4.73. The highest BCUT2D eigenvalue weighted by atomic mass is 16.3. The van der Waals surface area contributed by atoms with Crippen LogP contribution in [0.3, 0.4) is 0 Å². The maximum Gasteiger partial charge on any atom is 0.371 e. The Kier molecular flexibility index (Phi) is 2.55. The van der Waals surface area contributed by atoms with Gasteiger partial charge in [-0.2, -0.15) is 9.97 Å². The molecule has 2 aliphatic heterocycles. The van der Waals surface area contributed by atoms with E-state index >= 15 is 0 Å². The average molecular weight is 314 g/mol. The van der Waals surface area contributed by atoms with Gasteiger partial charge < -0.3 is 9.40 Å². The first-order valence-electron chi connectivity index (χ1n) is 7.44. The van der Waals surface area contributed by atoms with Gasteiger partial charge in [-0.3, -0.25) is 0 Å². The van der Waals surface area contributed by atoms with Gasteiger partial charge in [0.05, 0.1) is 16.6 Å². The number of para-hydroxylation sites is 3. The van der Waals surface area contributed by atoms with Crippen LogP contribution in [0.4, 0.5) is 0 Å². The van der Waals surface area contributed by atoms with Crippen molar-refractivity contribution in [2.24, 2.45) is 0 Å². The summed E-state index contributed by atoms with van der Waals surface area (Å²) >= 11 is 0. The van der Waals surface area contributed by atoms with Crippen molar-refractivity contribution in [1.82, 2.24) is 19.9 Å². The van der Waals surface area contributed by atoms with Gasteiger partial charge in [0.2, 0.25) is 5.89 Å². The number of benzene rings is 2. The molecule has 5 rings (SSSR count). The smallest absolute Gasteiger partial charge is 0.371 e. The van der Waals surface area contributed by atoms with Gasteiger partial charge in [0, 0.05) is 5.39 Å². The third-order valence-corrected chi connectivity index (χ3v) is 3.93. The molecule has 0 atom stereocenters. The minimum absolute atomic E-state index is 0.254. The van der Waals surface area contributed by atoms with Crippen LogP contribution in [-0.4, -0.2) is 19.9 Å². The number of H-pyrrole nitrogens is 1. The fraction of sp³-hybridized carbons (Fsp3) is 0. The molecule has 0 fully saturated rings. The number of hydrogen-bond donors (Lipinski definition) is 1. The molecule has 6 nitrogen and oxygen atoms in total. The highest BCUT2D eigenvalue weighted by Crippen LogP contribution is 2.32. The minimum Gasteiger partial charge on any atom is -0.437 e. The standard InChI is InChI=1S/C18H10N4O2/c23-18-21-15(16-19-12-6-2-3-7-13(12)20-16)11-9-10-5-1-4-8-14(10)24-17(11)22-18/h1-9H,(H,19,20). The van der Waals surface area contributed by atoms with Gasteiger partial charge in [0.1, 0.15) is 11.3 Å². The Bertz CT molecular complexity index is 1210. The van der Waals surface area contributed by atoms with E-state index in [1.54, 1.807) is 0 Å². The lowest BCUT2D eigenvalue weighted by atomic mass is 10.1. The fourth-order valence-electron chi connectivity index (χ4n) is 2.83. The molecular weight excluding hydrogens is 304 g/mol. The summed E-state index contributed by atoms with van der Waals surface area (Å²) in [5, 5.41) is 0.907. The molecule has 0 bridgehead atoms. The lowest BCUT2D eigenvalue weighted by Crippen LogP contribution is -2.14. The number of imidazole rings is 1. The maximum absolute atomic E-state index is 11.9. The number of rotatable bonds is 1. The minimum atomic E-state index is -0.600. The van der Waals surface area contributed by atoms with Gasteiger partial charge in [-0.05, 0) is 24.3 Å².